The molecule has 0 saturated carbocycles. The minimum Gasteiger partial charge on any atom is -0.460 e. The summed E-state index contributed by atoms with van der Waals surface area (Å²) in [7, 11) is -3.03. The van der Waals surface area contributed by atoms with Crippen molar-refractivity contribution in [2.75, 3.05) is 18.8 Å². The molecule has 2 fully saturated rings. The molecule has 1 N–H and O–H groups in total. The number of carbonyl (C=O) groups is 1. The molecule has 0 aromatic rings. The third kappa shape index (κ3) is 2.85. The minimum atomic E-state index is -3.03. The van der Waals surface area contributed by atoms with Crippen molar-refractivity contribution in [2.24, 2.45) is 11.8 Å². The van der Waals surface area contributed by atoms with Gasteiger partial charge in [0.05, 0.1) is 11.0 Å². The van der Waals surface area contributed by atoms with Gasteiger partial charge in [-0.3, -0.25) is 4.79 Å². The first-order valence-corrected chi connectivity index (χ1v) is 8.05. The van der Waals surface area contributed by atoms with Gasteiger partial charge in [0.15, 0.2) is 9.84 Å². The normalized spacial score (nSPS) is 34.3. The summed E-state index contributed by atoms with van der Waals surface area (Å²) in [5.41, 5.74) is -0.512. The monoisotopic (exact) mass is 275 g/mol. The highest BCUT2D eigenvalue weighted by Gasteiger charge is 2.50. The van der Waals surface area contributed by atoms with Crippen molar-refractivity contribution in [1.82, 2.24) is 5.32 Å². The summed E-state index contributed by atoms with van der Waals surface area (Å²) < 4.78 is 29.1. The number of sulfone groups is 1. The van der Waals surface area contributed by atoms with E-state index in [1.165, 1.54) is 0 Å². The van der Waals surface area contributed by atoms with Gasteiger partial charge in [0, 0.05) is 13.0 Å². The van der Waals surface area contributed by atoms with Crippen LogP contribution in [-0.2, 0) is 19.4 Å². The van der Waals surface area contributed by atoms with Crippen molar-refractivity contribution in [3.05, 3.63) is 0 Å². The van der Waals surface area contributed by atoms with Crippen LogP contribution < -0.4 is 5.32 Å². The van der Waals surface area contributed by atoms with Gasteiger partial charge < -0.3 is 10.1 Å². The lowest BCUT2D eigenvalue weighted by Gasteiger charge is -2.22. The highest BCUT2D eigenvalue weighted by atomic mass is 32.2. The molecule has 0 amide bonds. The Labute approximate surface area is 108 Å². The van der Waals surface area contributed by atoms with E-state index in [9.17, 15) is 13.2 Å². The predicted molar refractivity (Wildman–Crippen MR) is 67.9 cm³/mol. The molecule has 2 aliphatic rings. The topological polar surface area (TPSA) is 72.5 Å². The molecular weight excluding hydrogens is 254 g/mol. The fraction of sp³-hybridized carbons (Fsp3) is 0.917. The highest BCUT2D eigenvalue weighted by Crippen LogP contribution is 2.36. The zero-order chi connectivity index (χ0) is 13.6. The van der Waals surface area contributed by atoms with Crippen LogP contribution in [-0.4, -0.2) is 44.1 Å². The van der Waals surface area contributed by atoms with E-state index in [0.29, 0.717) is 13.1 Å². The Balaban J connectivity index is 2.01. The van der Waals surface area contributed by atoms with Gasteiger partial charge in [0.2, 0.25) is 0 Å². The van der Waals surface area contributed by atoms with Gasteiger partial charge in [-0.2, -0.15) is 0 Å². The minimum absolute atomic E-state index is 0.0718. The second-order valence-electron chi connectivity index (χ2n) is 6.24. The molecule has 0 spiro atoms. The summed E-state index contributed by atoms with van der Waals surface area (Å²) >= 11 is 0. The highest BCUT2D eigenvalue weighted by molar-refractivity contribution is 7.92. The van der Waals surface area contributed by atoms with Crippen molar-refractivity contribution < 1.29 is 17.9 Å². The first kappa shape index (κ1) is 13.8. The molecule has 0 unspecified atom stereocenters. The molecule has 0 aliphatic carbocycles. The van der Waals surface area contributed by atoms with Crippen molar-refractivity contribution >= 4 is 15.8 Å². The molecule has 3 atom stereocenters. The number of hydrogen-bond acceptors (Lipinski definition) is 5. The predicted octanol–water partition coefficient (Wildman–Crippen LogP) is 0.351. The molecule has 104 valence electrons. The Morgan fingerprint density at radius 1 is 1.33 bits per heavy atom. The molecule has 2 aliphatic heterocycles. The molecule has 5 nitrogen and oxygen atoms in total. The van der Waals surface area contributed by atoms with Crippen LogP contribution in [0.25, 0.3) is 0 Å². The first-order chi connectivity index (χ1) is 8.19. The summed E-state index contributed by atoms with van der Waals surface area (Å²) in [5.74, 6) is -0.189. The fourth-order valence-corrected chi connectivity index (χ4v) is 5.32. The summed E-state index contributed by atoms with van der Waals surface area (Å²) in [6, 6.07) is 0. The third-order valence-corrected chi connectivity index (χ3v) is 5.90. The lowest BCUT2D eigenvalue weighted by Crippen LogP contribution is -2.28. The Hall–Kier alpha value is -0.620. The van der Waals surface area contributed by atoms with Crippen LogP contribution in [0.15, 0.2) is 0 Å². The number of rotatable bonds is 2. The average molecular weight is 275 g/mol. The van der Waals surface area contributed by atoms with Crippen LogP contribution in [0.3, 0.4) is 0 Å². The molecule has 2 saturated heterocycles. The Kier molecular flexibility index (Phi) is 3.44. The first-order valence-electron chi connectivity index (χ1n) is 6.33. The van der Waals surface area contributed by atoms with Crippen LogP contribution in [0.2, 0.25) is 0 Å². The Morgan fingerprint density at radius 3 is 2.61 bits per heavy atom. The summed E-state index contributed by atoms with van der Waals surface area (Å²) in [6.45, 7) is 6.66. The van der Waals surface area contributed by atoms with E-state index in [2.05, 4.69) is 5.32 Å². The van der Waals surface area contributed by atoms with Gasteiger partial charge in [-0.1, -0.05) is 0 Å². The maximum absolute atomic E-state index is 11.9. The van der Waals surface area contributed by atoms with Crippen LogP contribution >= 0.6 is 0 Å². The van der Waals surface area contributed by atoms with E-state index in [4.69, 9.17) is 4.74 Å². The van der Waals surface area contributed by atoms with Crippen LogP contribution in [0.1, 0.15) is 27.2 Å². The number of fused-ring (bicyclic) bond motifs is 1. The second-order valence-corrected chi connectivity index (χ2v) is 8.51. The molecule has 0 radical (unpaired) electrons. The number of esters is 1. The molecule has 0 aromatic carbocycles. The van der Waals surface area contributed by atoms with Crippen molar-refractivity contribution in [1.29, 1.82) is 0 Å². The smallest absolute Gasteiger partial charge is 0.306 e. The maximum atomic E-state index is 11.9. The molecule has 18 heavy (non-hydrogen) atoms. The van der Waals surface area contributed by atoms with E-state index >= 15 is 0 Å². The lowest BCUT2D eigenvalue weighted by atomic mass is 9.90. The van der Waals surface area contributed by atoms with Gasteiger partial charge in [0.1, 0.15) is 5.60 Å². The van der Waals surface area contributed by atoms with Crippen LogP contribution in [0.5, 0.6) is 0 Å². The second kappa shape index (κ2) is 4.49. The van der Waals surface area contributed by atoms with Crippen molar-refractivity contribution in [2.45, 2.75) is 38.0 Å². The lowest BCUT2D eigenvalue weighted by molar-refractivity contribution is -0.156. The summed E-state index contributed by atoms with van der Waals surface area (Å²) in [6.07, 6.45) is 0.208. The van der Waals surface area contributed by atoms with Gasteiger partial charge in [-0.05, 0) is 39.2 Å². The van der Waals surface area contributed by atoms with Gasteiger partial charge >= 0.3 is 5.97 Å². The van der Waals surface area contributed by atoms with Crippen LogP contribution in [0.4, 0.5) is 0 Å². The molecule has 6 heteroatoms. The molecule has 2 rings (SSSR count). The molecule has 0 aromatic heterocycles. The molecular formula is C12H21NO4S. The molecule has 0 bridgehead atoms. The summed E-state index contributed by atoms with van der Waals surface area (Å²) in [5, 5.41) is 2.80. The Bertz CT molecular complexity index is 437. The fourth-order valence-electron chi connectivity index (χ4n) is 2.89. The number of nitrogens with one attached hydrogen (secondary N) is 1. The zero-order valence-corrected chi connectivity index (χ0v) is 11.9. The van der Waals surface area contributed by atoms with E-state index in [0.717, 1.165) is 0 Å². The van der Waals surface area contributed by atoms with Gasteiger partial charge in [-0.15, -0.1) is 0 Å². The maximum Gasteiger partial charge on any atom is 0.306 e. The summed E-state index contributed by atoms with van der Waals surface area (Å²) in [4.78, 5) is 11.8. The average Bonchev–Trinajstić information content (AvgIpc) is 2.67. The van der Waals surface area contributed by atoms with Gasteiger partial charge in [-0.25, -0.2) is 8.42 Å². The van der Waals surface area contributed by atoms with Crippen LogP contribution in [0, 0.1) is 11.8 Å². The number of carbonyl (C=O) groups excluding carboxylic acids is 1. The number of ether oxygens (including phenoxy) is 1. The number of hydrogen-bond donors (Lipinski definition) is 1. The molecule has 2 heterocycles. The zero-order valence-electron chi connectivity index (χ0n) is 11.1. The Morgan fingerprint density at radius 2 is 2.00 bits per heavy atom. The quantitative estimate of drug-likeness (QED) is 0.736. The van der Waals surface area contributed by atoms with Crippen molar-refractivity contribution in [3.63, 3.8) is 0 Å². The van der Waals surface area contributed by atoms with E-state index in [-0.39, 0.29) is 35.2 Å². The van der Waals surface area contributed by atoms with Crippen molar-refractivity contribution in [3.8, 4) is 0 Å². The SMILES string of the molecule is CC(C)(C)OC(=O)C[C@@H]1CS(=O)(=O)[C@@H]2CNC[C@H]12. The van der Waals surface area contributed by atoms with Gasteiger partial charge in [0.25, 0.3) is 0 Å². The van der Waals surface area contributed by atoms with E-state index in [1.807, 2.05) is 20.8 Å². The standard InChI is InChI=1S/C12H21NO4S/c1-12(2,3)17-11(14)4-8-7-18(15,16)10-6-13-5-9(8)10/h8-10,13H,4-7H2,1-3H3/t8-,9-,10-/m1/s1. The third-order valence-electron chi connectivity index (χ3n) is 3.57. The van der Waals surface area contributed by atoms with E-state index in [1.54, 1.807) is 0 Å². The largest absolute Gasteiger partial charge is 0.460 e. The van der Waals surface area contributed by atoms with E-state index < -0.39 is 15.4 Å².